The fourth-order valence-corrected chi connectivity index (χ4v) is 2.10. The highest BCUT2D eigenvalue weighted by molar-refractivity contribution is 5.93. The highest BCUT2D eigenvalue weighted by atomic mass is 16.2. The molecular weight excluding hydrogens is 236 g/mol. The number of hydrogen-bond acceptors (Lipinski definition) is 2. The van der Waals surface area contributed by atoms with E-state index >= 15 is 0 Å². The van der Waals surface area contributed by atoms with Gasteiger partial charge in [-0.25, -0.2) is 0 Å². The van der Waals surface area contributed by atoms with E-state index in [1.54, 1.807) is 0 Å². The minimum absolute atomic E-state index is 0.215. The molecule has 1 rings (SSSR count). The first-order valence-corrected chi connectivity index (χ1v) is 7.26. The molecule has 0 atom stereocenters. The minimum atomic E-state index is 0.215. The number of aryl methyl sites for hydroxylation is 1. The zero-order chi connectivity index (χ0) is 14.1. The summed E-state index contributed by atoms with van der Waals surface area (Å²) in [4.78, 5) is 14.2. The lowest BCUT2D eigenvalue weighted by atomic mass is 10.1. The first kappa shape index (κ1) is 15.7. The molecule has 0 radical (unpaired) electrons. The molecular formula is C16H26N2O. The van der Waals surface area contributed by atoms with Gasteiger partial charge in [0.05, 0.1) is 0 Å². The van der Waals surface area contributed by atoms with Crippen LogP contribution in [0.5, 0.6) is 0 Å². The van der Waals surface area contributed by atoms with E-state index in [1.165, 1.54) is 5.56 Å². The number of benzene rings is 1. The molecule has 3 nitrogen and oxygen atoms in total. The molecule has 0 aliphatic carbocycles. The smallest absolute Gasteiger partial charge is 0.226 e. The van der Waals surface area contributed by atoms with Crippen molar-refractivity contribution in [2.24, 2.45) is 5.73 Å². The monoisotopic (exact) mass is 262 g/mol. The van der Waals surface area contributed by atoms with Gasteiger partial charge >= 0.3 is 0 Å². The van der Waals surface area contributed by atoms with Gasteiger partial charge in [-0.2, -0.15) is 0 Å². The summed E-state index contributed by atoms with van der Waals surface area (Å²) in [7, 11) is 0. The van der Waals surface area contributed by atoms with E-state index in [-0.39, 0.29) is 5.91 Å². The molecule has 19 heavy (non-hydrogen) atoms. The van der Waals surface area contributed by atoms with Crippen LogP contribution in [0.25, 0.3) is 0 Å². The predicted octanol–water partition coefficient (Wildman–Crippen LogP) is 3.26. The fraction of sp³-hybridized carbons (Fsp3) is 0.562. The van der Waals surface area contributed by atoms with Crippen molar-refractivity contribution in [3.8, 4) is 0 Å². The van der Waals surface area contributed by atoms with Crippen molar-refractivity contribution in [1.29, 1.82) is 0 Å². The van der Waals surface area contributed by atoms with E-state index in [0.717, 1.165) is 31.4 Å². The number of carbonyl (C=O) groups excluding carboxylic acids is 1. The fourth-order valence-electron chi connectivity index (χ4n) is 2.10. The highest BCUT2D eigenvalue weighted by Crippen LogP contribution is 2.18. The molecule has 0 heterocycles. The summed E-state index contributed by atoms with van der Waals surface area (Å²) in [5.74, 6) is 0.215. The molecule has 3 heteroatoms. The number of nitrogens with two attached hydrogens (primary N) is 1. The number of anilines is 1. The number of nitrogens with zero attached hydrogens (tertiary/aromatic N) is 1. The average molecular weight is 262 g/mol. The standard InChI is InChI=1S/C16H26N2O/c1-3-4-5-10-16(19)18(12-7-11-17)15-9-6-8-14(2)13-15/h6,8-9,13H,3-5,7,10-12,17H2,1-2H3. The summed E-state index contributed by atoms with van der Waals surface area (Å²) in [6.07, 6.45) is 4.70. The summed E-state index contributed by atoms with van der Waals surface area (Å²) in [6, 6.07) is 8.11. The van der Waals surface area contributed by atoms with E-state index in [2.05, 4.69) is 13.0 Å². The topological polar surface area (TPSA) is 46.3 Å². The lowest BCUT2D eigenvalue weighted by Gasteiger charge is -2.23. The molecule has 0 saturated carbocycles. The molecule has 0 aliphatic rings. The van der Waals surface area contributed by atoms with Crippen molar-refractivity contribution in [3.63, 3.8) is 0 Å². The Morgan fingerprint density at radius 1 is 1.26 bits per heavy atom. The molecule has 0 unspecified atom stereocenters. The van der Waals surface area contributed by atoms with Crippen LogP contribution in [-0.4, -0.2) is 19.0 Å². The van der Waals surface area contributed by atoms with Crippen molar-refractivity contribution in [3.05, 3.63) is 29.8 Å². The van der Waals surface area contributed by atoms with Crippen molar-refractivity contribution >= 4 is 11.6 Å². The number of amides is 1. The zero-order valence-electron chi connectivity index (χ0n) is 12.2. The van der Waals surface area contributed by atoms with Crippen LogP contribution in [0.4, 0.5) is 5.69 Å². The predicted molar refractivity (Wildman–Crippen MR) is 81.3 cm³/mol. The molecule has 0 bridgehead atoms. The SMILES string of the molecule is CCCCCC(=O)N(CCCN)c1cccc(C)c1. The van der Waals surface area contributed by atoms with Gasteiger partial charge in [0.1, 0.15) is 0 Å². The van der Waals surface area contributed by atoms with E-state index in [1.807, 2.05) is 30.0 Å². The summed E-state index contributed by atoms with van der Waals surface area (Å²) >= 11 is 0. The lowest BCUT2D eigenvalue weighted by molar-refractivity contribution is -0.118. The Labute approximate surface area is 116 Å². The van der Waals surface area contributed by atoms with Gasteiger partial charge in [-0.3, -0.25) is 4.79 Å². The van der Waals surface area contributed by atoms with Crippen LogP contribution >= 0.6 is 0 Å². The molecule has 1 amide bonds. The maximum atomic E-state index is 12.3. The van der Waals surface area contributed by atoms with Crippen molar-refractivity contribution in [2.75, 3.05) is 18.0 Å². The largest absolute Gasteiger partial charge is 0.330 e. The Balaban J connectivity index is 2.73. The number of rotatable bonds is 8. The Morgan fingerprint density at radius 2 is 2.05 bits per heavy atom. The summed E-state index contributed by atoms with van der Waals surface area (Å²) in [5.41, 5.74) is 7.74. The number of unbranched alkanes of at least 4 members (excludes halogenated alkanes) is 2. The van der Waals surface area contributed by atoms with Gasteiger partial charge < -0.3 is 10.6 Å². The quantitative estimate of drug-likeness (QED) is 0.731. The average Bonchev–Trinajstić information content (AvgIpc) is 2.39. The molecule has 0 fully saturated rings. The van der Waals surface area contributed by atoms with Gasteiger partial charge in [-0.05, 0) is 44.0 Å². The molecule has 0 spiro atoms. The summed E-state index contributed by atoms with van der Waals surface area (Å²) in [6.45, 7) is 5.53. The summed E-state index contributed by atoms with van der Waals surface area (Å²) in [5, 5.41) is 0. The van der Waals surface area contributed by atoms with E-state index in [0.29, 0.717) is 19.5 Å². The van der Waals surface area contributed by atoms with Gasteiger partial charge in [-0.1, -0.05) is 31.9 Å². The molecule has 106 valence electrons. The van der Waals surface area contributed by atoms with Crippen molar-refractivity contribution in [2.45, 2.75) is 46.0 Å². The van der Waals surface area contributed by atoms with Gasteiger partial charge in [0, 0.05) is 18.7 Å². The molecule has 0 aromatic heterocycles. The zero-order valence-corrected chi connectivity index (χ0v) is 12.2. The van der Waals surface area contributed by atoms with Gasteiger partial charge in [0.25, 0.3) is 0 Å². The second-order valence-electron chi connectivity index (χ2n) is 4.98. The number of carbonyl (C=O) groups is 1. The maximum absolute atomic E-state index is 12.3. The molecule has 0 saturated heterocycles. The first-order valence-electron chi connectivity index (χ1n) is 7.26. The van der Waals surface area contributed by atoms with E-state index in [4.69, 9.17) is 5.73 Å². The third kappa shape index (κ3) is 5.43. The van der Waals surface area contributed by atoms with Crippen LogP contribution in [-0.2, 0) is 4.79 Å². The third-order valence-electron chi connectivity index (χ3n) is 3.19. The van der Waals surface area contributed by atoms with Gasteiger partial charge in [0.2, 0.25) is 5.91 Å². The van der Waals surface area contributed by atoms with Crippen LogP contribution in [0.3, 0.4) is 0 Å². The Morgan fingerprint density at radius 3 is 2.68 bits per heavy atom. The second-order valence-corrected chi connectivity index (χ2v) is 4.98. The molecule has 1 aromatic rings. The normalized spacial score (nSPS) is 10.5. The Bertz CT molecular complexity index is 390. The first-order chi connectivity index (χ1) is 9.19. The van der Waals surface area contributed by atoms with Crippen LogP contribution in [0.15, 0.2) is 24.3 Å². The minimum Gasteiger partial charge on any atom is -0.330 e. The van der Waals surface area contributed by atoms with Crippen LogP contribution in [0, 0.1) is 6.92 Å². The van der Waals surface area contributed by atoms with Crippen molar-refractivity contribution in [1.82, 2.24) is 0 Å². The molecule has 2 N–H and O–H groups in total. The van der Waals surface area contributed by atoms with Crippen molar-refractivity contribution < 1.29 is 4.79 Å². The third-order valence-corrected chi connectivity index (χ3v) is 3.19. The van der Waals surface area contributed by atoms with Gasteiger partial charge in [0.15, 0.2) is 0 Å². The number of hydrogen-bond donors (Lipinski definition) is 1. The second kappa shape index (κ2) is 8.70. The molecule has 1 aromatic carbocycles. The summed E-state index contributed by atoms with van der Waals surface area (Å²) < 4.78 is 0. The van der Waals surface area contributed by atoms with Crippen LogP contribution in [0.1, 0.15) is 44.6 Å². The van der Waals surface area contributed by atoms with Gasteiger partial charge in [-0.15, -0.1) is 0 Å². The maximum Gasteiger partial charge on any atom is 0.226 e. The lowest BCUT2D eigenvalue weighted by Crippen LogP contribution is -2.32. The van der Waals surface area contributed by atoms with Crippen LogP contribution in [0.2, 0.25) is 0 Å². The molecule has 0 aliphatic heterocycles. The Hall–Kier alpha value is -1.35. The Kier molecular flexibility index (Phi) is 7.19. The van der Waals surface area contributed by atoms with E-state index in [9.17, 15) is 4.79 Å². The van der Waals surface area contributed by atoms with Crippen LogP contribution < -0.4 is 10.6 Å². The highest BCUT2D eigenvalue weighted by Gasteiger charge is 2.14. The van der Waals surface area contributed by atoms with E-state index < -0.39 is 0 Å².